The SMILES string of the molecule is CCC(CNC(=O)c1ccc(=O)n(C)n1)c1ccccc1. The standard InChI is InChI=1S/C16H19N3O2/c1-3-12(13-7-5-4-6-8-13)11-17-16(21)14-9-10-15(20)19(2)18-14/h4-10,12H,3,11H2,1-2H3,(H,17,21). The minimum Gasteiger partial charge on any atom is -0.350 e. The van der Waals surface area contributed by atoms with Crippen molar-refractivity contribution >= 4 is 5.91 Å². The Bertz CT molecular complexity index is 665. The number of nitrogens with zero attached hydrogens (tertiary/aromatic N) is 2. The maximum Gasteiger partial charge on any atom is 0.271 e. The van der Waals surface area contributed by atoms with E-state index in [1.165, 1.54) is 24.7 Å². The second-order valence-corrected chi connectivity index (χ2v) is 4.91. The Balaban J connectivity index is 2.02. The molecule has 0 aliphatic carbocycles. The zero-order valence-electron chi connectivity index (χ0n) is 12.2. The van der Waals surface area contributed by atoms with E-state index in [-0.39, 0.29) is 23.1 Å². The van der Waals surface area contributed by atoms with Gasteiger partial charge in [-0.25, -0.2) is 4.68 Å². The summed E-state index contributed by atoms with van der Waals surface area (Å²) in [7, 11) is 1.53. The van der Waals surface area contributed by atoms with Gasteiger partial charge in [-0.3, -0.25) is 9.59 Å². The molecule has 1 amide bonds. The van der Waals surface area contributed by atoms with Crippen LogP contribution in [0.3, 0.4) is 0 Å². The molecule has 1 heterocycles. The third-order valence-electron chi connectivity index (χ3n) is 3.47. The van der Waals surface area contributed by atoms with Gasteiger partial charge in [0.2, 0.25) is 0 Å². The van der Waals surface area contributed by atoms with Crippen LogP contribution in [0.25, 0.3) is 0 Å². The minimum atomic E-state index is -0.264. The number of hydrogen-bond acceptors (Lipinski definition) is 3. The van der Waals surface area contributed by atoms with Gasteiger partial charge in [0.25, 0.3) is 11.5 Å². The monoisotopic (exact) mass is 285 g/mol. The number of aromatic nitrogens is 2. The number of carbonyl (C=O) groups is 1. The summed E-state index contributed by atoms with van der Waals surface area (Å²) in [4.78, 5) is 23.3. The summed E-state index contributed by atoms with van der Waals surface area (Å²) in [6.07, 6.45) is 0.936. The van der Waals surface area contributed by atoms with Crippen molar-refractivity contribution in [3.05, 3.63) is 64.1 Å². The summed E-state index contributed by atoms with van der Waals surface area (Å²) in [5.74, 6) is 0.00247. The molecule has 0 saturated heterocycles. The van der Waals surface area contributed by atoms with Crippen molar-refractivity contribution in [2.45, 2.75) is 19.3 Å². The summed E-state index contributed by atoms with van der Waals surface area (Å²) in [6.45, 7) is 2.64. The Hall–Kier alpha value is -2.43. The first-order valence-electron chi connectivity index (χ1n) is 6.99. The molecule has 2 rings (SSSR count). The number of amides is 1. The predicted octanol–water partition coefficient (Wildman–Crippen LogP) is 1.70. The van der Waals surface area contributed by atoms with Gasteiger partial charge in [0.1, 0.15) is 5.69 Å². The van der Waals surface area contributed by atoms with Crippen molar-refractivity contribution in [3.63, 3.8) is 0 Å². The van der Waals surface area contributed by atoms with Crippen molar-refractivity contribution < 1.29 is 4.79 Å². The Morgan fingerprint density at radius 3 is 2.57 bits per heavy atom. The van der Waals surface area contributed by atoms with Crippen LogP contribution < -0.4 is 10.9 Å². The van der Waals surface area contributed by atoms with Gasteiger partial charge in [-0.2, -0.15) is 5.10 Å². The Labute approximate surface area is 123 Å². The van der Waals surface area contributed by atoms with Gasteiger partial charge in [0.15, 0.2) is 0 Å². The highest BCUT2D eigenvalue weighted by atomic mass is 16.2. The lowest BCUT2D eigenvalue weighted by atomic mass is 9.96. The molecule has 110 valence electrons. The first kappa shape index (κ1) is 15.0. The molecule has 0 radical (unpaired) electrons. The fraction of sp³-hybridized carbons (Fsp3) is 0.312. The average molecular weight is 285 g/mol. The molecule has 0 aliphatic heterocycles. The van der Waals surface area contributed by atoms with Gasteiger partial charge < -0.3 is 5.32 Å². The predicted molar refractivity (Wildman–Crippen MR) is 81.3 cm³/mol. The topological polar surface area (TPSA) is 64.0 Å². The summed E-state index contributed by atoms with van der Waals surface area (Å²) in [5, 5.41) is 6.82. The zero-order chi connectivity index (χ0) is 15.2. The zero-order valence-corrected chi connectivity index (χ0v) is 12.2. The Morgan fingerprint density at radius 1 is 1.24 bits per heavy atom. The summed E-state index contributed by atoms with van der Waals surface area (Å²) in [5.41, 5.74) is 1.22. The molecule has 5 heteroatoms. The highest BCUT2D eigenvalue weighted by molar-refractivity contribution is 5.92. The molecule has 5 nitrogen and oxygen atoms in total. The van der Waals surface area contributed by atoms with E-state index in [9.17, 15) is 9.59 Å². The van der Waals surface area contributed by atoms with E-state index in [4.69, 9.17) is 0 Å². The van der Waals surface area contributed by atoms with Crippen molar-refractivity contribution in [1.82, 2.24) is 15.1 Å². The largest absolute Gasteiger partial charge is 0.350 e. The number of aryl methyl sites for hydroxylation is 1. The van der Waals surface area contributed by atoms with Crippen LogP contribution in [0.2, 0.25) is 0 Å². The molecule has 0 bridgehead atoms. The van der Waals surface area contributed by atoms with Crippen LogP contribution in [-0.2, 0) is 7.05 Å². The molecule has 0 aliphatic rings. The lowest BCUT2D eigenvalue weighted by Crippen LogP contribution is -2.31. The van der Waals surface area contributed by atoms with Crippen LogP contribution in [0.4, 0.5) is 0 Å². The normalized spacial score (nSPS) is 11.9. The smallest absolute Gasteiger partial charge is 0.271 e. The van der Waals surface area contributed by atoms with Crippen molar-refractivity contribution in [3.8, 4) is 0 Å². The van der Waals surface area contributed by atoms with Gasteiger partial charge in [-0.1, -0.05) is 37.3 Å². The molecular formula is C16H19N3O2. The molecule has 0 spiro atoms. The number of rotatable bonds is 5. The molecule has 0 saturated carbocycles. The maximum absolute atomic E-state index is 12.1. The first-order valence-corrected chi connectivity index (χ1v) is 6.99. The van der Waals surface area contributed by atoms with E-state index in [0.29, 0.717) is 6.54 Å². The highest BCUT2D eigenvalue weighted by Gasteiger charge is 2.13. The van der Waals surface area contributed by atoms with Gasteiger partial charge in [-0.05, 0) is 18.1 Å². The quantitative estimate of drug-likeness (QED) is 0.909. The number of nitrogens with one attached hydrogen (secondary N) is 1. The second kappa shape index (κ2) is 6.83. The van der Waals surface area contributed by atoms with E-state index in [0.717, 1.165) is 11.1 Å². The van der Waals surface area contributed by atoms with Crippen LogP contribution in [0.5, 0.6) is 0 Å². The first-order chi connectivity index (χ1) is 10.1. The molecule has 1 N–H and O–H groups in total. The van der Waals surface area contributed by atoms with Gasteiger partial charge >= 0.3 is 0 Å². The van der Waals surface area contributed by atoms with Gasteiger partial charge in [0, 0.05) is 25.6 Å². The van der Waals surface area contributed by atoms with Gasteiger partial charge in [-0.15, -0.1) is 0 Å². The molecule has 1 atom stereocenters. The number of benzene rings is 1. The second-order valence-electron chi connectivity index (χ2n) is 4.91. The van der Waals surface area contributed by atoms with Crippen molar-refractivity contribution in [2.24, 2.45) is 7.05 Å². The molecule has 21 heavy (non-hydrogen) atoms. The van der Waals surface area contributed by atoms with Crippen LogP contribution >= 0.6 is 0 Å². The molecular weight excluding hydrogens is 266 g/mol. The Morgan fingerprint density at radius 2 is 1.95 bits per heavy atom. The van der Waals surface area contributed by atoms with Crippen LogP contribution in [0, 0.1) is 0 Å². The molecule has 1 unspecified atom stereocenters. The van der Waals surface area contributed by atoms with E-state index < -0.39 is 0 Å². The van der Waals surface area contributed by atoms with E-state index in [1.807, 2.05) is 18.2 Å². The summed E-state index contributed by atoms with van der Waals surface area (Å²) >= 11 is 0. The molecule has 0 fully saturated rings. The Kier molecular flexibility index (Phi) is 4.87. The van der Waals surface area contributed by atoms with Crippen molar-refractivity contribution in [1.29, 1.82) is 0 Å². The van der Waals surface area contributed by atoms with Crippen LogP contribution in [0.15, 0.2) is 47.3 Å². The summed E-state index contributed by atoms with van der Waals surface area (Å²) < 4.78 is 1.16. The number of hydrogen-bond donors (Lipinski definition) is 1. The summed E-state index contributed by atoms with van der Waals surface area (Å²) in [6, 6.07) is 12.9. The average Bonchev–Trinajstić information content (AvgIpc) is 2.51. The maximum atomic E-state index is 12.1. The highest BCUT2D eigenvalue weighted by Crippen LogP contribution is 2.17. The molecule has 1 aromatic heterocycles. The van der Waals surface area contributed by atoms with Crippen LogP contribution in [0.1, 0.15) is 35.3 Å². The third kappa shape index (κ3) is 3.78. The van der Waals surface area contributed by atoms with E-state index in [2.05, 4.69) is 29.5 Å². The fourth-order valence-corrected chi connectivity index (χ4v) is 2.15. The van der Waals surface area contributed by atoms with Crippen molar-refractivity contribution in [2.75, 3.05) is 6.54 Å². The van der Waals surface area contributed by atoms with E-state index in [1.54, 1.807) is 0 Å². The fourth-order valence-electron chi connectivity index (χ4n) is 2.15. The third-order valence-corrected chi connectivity index (χ3v) is 3.47. The molecule has 2 aromatic rings. The lowest BCUT2D eigenvalue weighted by molar-refractivity contribution is 0.0943. The lowest BCUT2D eigenvalue weighted by Gasteiger charge is -2.16. The van der Waals surface area contributed by atoms with Gasteiger partial charge in [0.05, 0.1) is 0 Å². The minimum absolute atomic E-state index is 0.234. The van der Waals surface area contributed by atoms with E-state index >= 15 is 0 Å². The molecule has 1 aromatic carbocycles. The van der Waals surface area contributed by atoms with Crippen LogP contribution in [-0.4, -0.2) is 22.2 Å². The number of carbonyl (C=O) groups excluding carboxylic acids is 1.